The van der Waals surface area contributed by atoms with Crippen LogP contribution in [0.5, 0.6) is 0 Å². The van der Waals surface area contributed by atoms with Crippen LogP contribution in [0.3, 0.4) is 0 Å². The summed E-state index contributed by atoms with van der Waals surface area (Å²) in [5, 5.41) is 2.46. The molecule has 26 heavy (non-hydrogen) atoms. The van der Waals surface area contributed by atoms with E-state index in [1.165, 1.54) is 7.11 Å². The van der Waals surface area contributed by atoms with Crippen LogP contribution >= 0.6 is 0 Å². The largest absolute Gasteiger partial charge is 0.467 e. The van der Waals surface area contributed by atoms with E-state index in [9.17, 15) is 9.59 Å². The number of benzene rings is 2. The average Bonchev–Trinajstić information content (AvgIpc) is 2.99. The number of esters is 1. The number of carbonyl (C=O) groups excluding carboxylic acids is 2. The zero-order chi connectivity index (χ0) is 18.5. The Kier molecular flexibility index (Phi) is 5.23. The van der Waals surface area contributed by atoms with E-state index in [0.29, 0.717) is 0 Å². The second-order valence-electron chi connectivity index (χ2n) is 5.95. The molecule has 1 atom stereocenters. The number of methoxy groups -OCH3 is 1. The Bertz CT molecular complexity index is 823. The van der Waals surface area contributed by atoms with Crippen molar-refractivity contribution in [2.75, 3.05) is 13.7 Å². The molecule has 1 N–H and O–H groups in total. The van der Waals surface area contributed by atoms with Crippen LogP contribution in [-0.2, 0) is 14.3 Å². The second kappa shape index (κ2) is 7.75. The van der Waals surface area contributed by atoms with Gasteiger partial charge in [-0.2, -0.15) is 0 Å². The Morgan fingerprint density at radius 2 is 1.69 bits per heavy atom. The first kappa shape index (κ1) is 17.6. The minimum atomic E-state index is -0.916. The fraction of sp³-hybridized carbons (Fsp3) is 0.238. The van der Waals surface area contributed by atoms with E-state index in [0.717, 1.165) is 22.3 Å². The molecular weight excluding hydrogens is 330 g/mol. The fourth-order valence-corrected chi connectivity index (χ4v) is 3.24. The summed E-state index contributed by atoms with van der Waals surface area (Å²) in [6, 6.07) is 15.2. The number of terminal acetylenes is 1. The number of hydrogen-bond donors (Lipinski definition) is 1. The molecule has 0 spiro atoms. The Morgan fingerprint density at radius 1 is 1.12 bits per heavy atom. The van der Waals surface area contributed by atoms with Gasteiger partial charge < -0.3 is 14.8 Å². The summed E-state index contributed by atoms with van der Waals surface area (Å²) in [6.07, 6.45) is 4.57. The molecule has 0 aliphatic heterocycles. The van der Waals surface area contributed by atoms with Crippen molar-refractivity contribution in [2.24, 2.45) is 0 Å². The topological polar surface area (TPSA) is 64.6 Å². The van der Waals surface area contributed by atoms with Crippen molar-refractivity contribution in [2.45, 2.75) is 18.4 Å². The molecule has 2 aromatic rings. The Balaban J connectivity index is 1.71. The molecule has 1 aliphatic carbocycles. The van der Waals surface area contributed by atoms with Gasteiger partial charge >= 0.3 is 12.1 Å². The zero-order valence-electron chi connectivity index (χ0n) is 14.4. The molecular formula is C21H19NO4. The van der Waals surface area contributed by atoms with Crippen molar-refractivity contribution < 1.29 is 19.1 Å². The number of amides is 1. The lowest BCUT2D eigenvalue weighted by atomic mass is 9.98. The van der Waals surface area contributed by atoms with Gasteiger partial charge in [0.1, 0.15) is 12.6 Å². The van der Waals surface area contributed by atoms with Crippen LogP contribution in [0.1, 0.15) is 23.5 Å². The van der Waals surface area contributed by atoms with Gasteiger partial charge in [-0.15, -0.1) is 12.3 Å². The highest BCUT2D eigenvalue weighted by molar-refractivity contribution is 5.82. The maximum atomic E-state index is 12.1. The first-order chi connectivity index (χ1) is 12.7. The first-order valence-electron chi connectivity index (χ1n) is 8.28. The fourth-order valence-electron chi connectivity index (χ4n) is 3.24. The Hall–Kier alpha value is -3.26. The predicted molar refractivity (Wildman–Crippen MR) is 97.5 cm³/mol. The van der Waals surface area contributed by atoms with E-state index in [2.05, 4.69) is 28.1 Å². The van der Waals surface area contributed by atoms with Crippen LogP contribution in [0.25, 0.3) is 11.1 Å². The third-order valence-electron chi connectivity index (χ3n) is 4.44. The molecule has 0 aromatic heterocycles. The molecule has 5 heteroatoms. The molecule has 3 rings (SSSR count). The summed E-state index contributed by atoms with van der Waals surface area (Å²) in [4.78, 5) is 23.8. The van der Waals surface area contributed by atoms with Crippen molar-refractivity contribution in [1.29, 1.82) is 0 Å². The zero-order valence-corrected chi connectivity index (χ0v) is 14.4. The van der Waals surface area contributed by atoms with Crippen LogP contribution < -0.4 is 5.32 Å². The first-order valence-corrected chi connectivity index (χ1v) is 8.28. The van der Waals surface area contributed by atoms with E-state index >= 15 is 0 Å². The maximum absolute atomic E-state index is 12.1. The summed E-state index contributed by atoms with van der Waals surface area (Å²) in [5.41, 5.74) is 4.54. The number of hydrogen-bond acceptors (Lipinski definition) is 4. The molecule has 0 bridgehead atoms. The van der Waals surface area contributed by atoms with Crippen molar-refractivity contribution in [3.8, 4) is 23.5 Å². The summed E-state index contributed by atoms with van der Waals surface area (Å²) < 4.78 is 10.0. The molecule has 2 aromatic carbocycles. The highest BCUT2D eigenvalue weighted by Gasteiger charge is 2.29. The molecule has 0 fully saturated rings. The van der Waals surface area contributed by atoms with E-state index in [1.807, 2.05) is 36.4 Å². The van der Waals surface area contributed by atoms with Gasteiger partial charge in [0, 0.05) is 12.3 Å². The molecule has 5 nitrogen and oxygen atoms in total. The quantitative estimate of drug-likeness (QED) is 0.665. The Morgan fingerprint density at radius 3 is 2.23 bits per heavy atom. The molecule has 1 amide bonds. The molecule has 0 radical (unpaired) electrons. The van der Waals surface area contributed by atoms with Gasteiger partial charge in [-0.3, -0.25) is 0 Å². The number of carbonyl (C=O) groups is 2. The molecule has 0 heterocycles. The lowest BCUT2D eigenvalue weighted by Gasteiger charge is -2.17. The van der Waals surface area contributed by atoms with Crippen LogP contribution in [0.15, 0.2) is 48.5 Å². The molecule has 0 saturated heterocycles. The summed E-state index contributed by atoms with van der Waals surface area (Å²) >= 11 is 0. The monoisotopic (exact) mass is 349 g/mol. The maximum Gasteiger partial charge on any atom is 0.407 e. The van der Waals surface area contributed by atoms with Gasteiger partial charge in [-0.05, 0) is 22.3 Å². The number of ether oxygens (including phenoxy) is 2. The van der Waals surface area contributed by atoms with Gasteiger partial charge in [0.05, 0.1) is 7.11 Å². The van der Waals surface area contributed by atoms with Crippen LogP contribution in [0, 0.1) is 12.3 Å². The van der Waals surface area contributed by atoms with Gasteiger partial charge in [0.25, 0.3) is 0 Å². The van der Waals surface area contributed by atoms with Crippen LogP contribution in [-0.4, -0.2) is 31.8 Å². The van der Waals surface area contributed by atoms with Gasteiger partial charge in [0.15, 0.2) is 0 Å². The van der Waals surface area contributed by atoms with Crippen LogP contribution in [0.2, 0.25) is 0 Å². The van der Waals surface area contributed by atoms with E-state index in [-0.39, 0.29) is 18.9 Å². The summed E-state index contributed by atoms with van der Waals surface area (Å²) in [7, 11) is 1.24. The highest BCUT2D eigenvalue weighted by atomic mass is 16.6. The third kappa shape index (κ3) is 3.40. The minimum absolute atomic E-state index is 0.0386. The van der Waals surface area contributed by atoms with Crippen molar-refractivity contribution in [3.63, 3.8) is 0 Å². The van der Waals surface area contributed by atoms with Gasteiger partial charge in [-0.25, -0.2) is 9.59 Å². The van der Waals surface area contributed by atoms with Gasteiger partial charge in [-0.1, -0.05) is 48.5 Å². The van der Waals surface area contributed by atoms with Crippen molar-refractivity contribution in [3.05, 3.63) is 59.7 Å². The number of fused-ring (bicyclic) bond motifs is 3. The minimum Gasteiger partial charge on any atom is -0.467 e. The molecule has 132 valence electrons. The van der Waals surface area contributed by atoms with E-state index < -0.39 is 18.1 Å². The van der Waals surface area contributed by atoms with Gasteiger partial charge in [0.2, 0.25) is 0 Å². The predicted octanol–water partition coefficient (Wildman–Crippen LogP) is 3.09. The molecule has 1 aliphatic rings. The van der Waals surface area contributed by atoms with Crippen molar-refractivity contribution >= 4 is 12.1 Å². The number of rotatable bonds is 5. The second-order valence-corrected chi connectivity index (χ2v) is 5.95. The molecule has 0 saturated carbocycles. The average molecular weight is 349 g/mol. The SMILES string of the molecule is C#CC[C@H](NC(=O)OCC1c2ccccc2-c2ccccc21)C(=O)OC. The lowest BCUT2D eigenvalue weighted by Crippen LogP contribution is -2.41. The van der Waals surface area contributed by atoms with Crippen molar-refractivity contribution in [1.82, 2.24) is 5.32 Å². The molecule has 0 unspecified atom stereocenters. The standard InChI is InChI=1S/C21H19NO4/c1-3-8-19(20(23)25-2)22-21(24)26-13-18-16-11-6-4-9-14(16)15-10-5-7-12-17(15)18/h1,4-7,9-12,18-19H,8,13H2,2H3,(H,22,24)/t19-/m0/s1. The highest BCUT2D eigenvalue weighted by Crippen LogP contribution is 2.44. The van der Waals surface area contributed by atoms with E-state index in [4.69, 9.17) is 11.2 Å². The summed E-state index contributed by atoms with van der Waals surface area (Å²) in [5.74, 6) is 1.70. The number of nitrogens with one attached hydrogen (secondary N) is 1. The smallest absolute Gasteiger partial charge is 0.407 e. The summed E-state index contributed by atoms with van der Waals surface area (Å²) in [6.45, 7) is 0.170. The third-order valence-corrected chi connectivity index (χ3v) is 4.44. The van der Waals surface area contributed by atoms with Crippen LogP contribution in [0.4, 0.5) is 4.79 Å². The lowest BCUT2D eigenvalue weighted by molar-refractivity contribution is -0.142. The normalized spacial score (nSPS) is 13.1. The Labute approximate surface area is 152 Å². The number of alkyl carbamates (subject to hydrolysis) is 1. The van der Waals surface area contributed by atoms with E-state index in [1.54, 1.807) is 0 Å².